The molecule has 2 rings (SSSR count). The molecule has 0 aromatic heterocycles. The zero-order valence-corrected chi connectivity index (χ0v) is 14.4. The van der Waals surface area contributed by atoms with Crippen LogP contribution in [0.3, 0.4) is 0 Å². The van der Waals surface area contributed by atoms with E-state index in [1.165, 1.54) is 5.56 Å². The van der Waals surface area contributed by atoms with Crippen molar-refractivity contribution >= 4 is 5.91 Å². The number of benzene rings is 1. The summed E-state index contributed by atoms with van der Waals surface area (Å²) < 4.78 is 0. The first kappa shape index (κ1) is 17.5. The summed E-state index contributed by atoms with van der Waals surface area (Å²) in [6.07, 6.45) is 4.09. The highest BCUT2D eigenvalue weighted by atomic mass is 16.2. The minimum atomic E-state index is -0.449. The van der Waals surface area contributed by atoms with E-state index < -0.39 is 5.54 Å². The van der Waals surface area contributed by atoms with Crippen LogP contribution in [0.1, 0.15) is 50.5 Å². The first-order valence-electron chi connectivity index (χ1n) is 8.40. The van der Waals surface area contributed by atoms with Gasteiger partial charge in [0, 0.05) is 6.04 Å². The number of nitrogens with one attached hydrogen (secondary N) is 1. The van der Waals surface area contributed by atoms with E-state index in [2.05, 4.69) is 40.6 Å². The molecule has 23 heavy (non-hydrogen) atoms. The predicted octanol–water partition coefficient (Wildman–Crippen LogP) is 3.06. The molecule has 1 saturated carbocycles. The largest absolute Gasteiger partial charge is 0.351 e. The fraction of sp³-hybridized carbons (Fsp3) is 0.579. The highest BCUT2D eigenvalue weighted by Gasteiger charge is 2.44. The summed E-state index contributed by atoms with van der Waals surface area (Å²) in [4.78, 5) is 14.9. The molecule has 1 aliphatic carbocycles. The number of amides is 1. The van der Waals surface area contributed by atoms with Gasteiger partial charge in [-0.05, 0) is 58.2 Å². The third-order valence-electron chi connectivity index (χ3n) is 5.14. The molecule has 4 nitrogen and oxygen atoms in total. The number of likely N-dealkylation sites (N-methyl/N-ethyl adjacent to an activating group) is 1. The maximum Gasteiger partial charge on any atom is 0.240 e. The van der Waals surface area contributed by atoms with E-state index in [0.29, 0.717) is 12.3 Å². The maximum atomic E-state index is 12.8. The quantitative estimate of drug-likeness (QED) is 0.909. The Morgan fingerprint density at radius 3 is 2.48 bits per heavy atom. The summed E-state index contributed by atoms with van der Waals surface area (Å²) in [6.45, 7) is 1.89. The standard InChI is InChI=1S/C19H27N3O/c1-15(11-14-20)21-18(23)19(22(2)3)12-9-17(10-13-19)16-7-5-4-6-8-16/h4-8,15,17H,9-13H2,1-3H3,(H,21,23)/t15-,17?,19?/m1/s1. The molecule has 1 aromatic rings. The zero-order valence-electron chi connectivity index (χ0n) is 14.4. The van der Waals surface area contributed by atoms with Crippen LogP contribution in [0.15, 0.2) is 30.3 Å². The third-order valence-corrected chi connectivity index (χ3v) is 5.14. The first-order valence-corrected chi connectivity index (χ1v) is 8.40. The van der Waals surface area contributed by atoms with Crippen molar-refractivity contribution in [3.8, 4) is 6.07 Å². The van der Waals surface area contributed by atoms with Crippen molar-refractivity contribution < 1.29 is 4.79 Å². The summed E-state index contributed by atoms with van der Waals surface area (Å²) in [7, 11) is 3.97. The lowest BCUT2D eigenvalue weighted by atomic mass is 9.73. The minimum Gasteiger partial charge on any atom is -0.351 e. The monoisotopic (exact) mass is 313 g/mol. The van der Waals surface area contributed by atoms with Crippen molar-refractivity contribution in [1.29, 1.82) is 5.26 Å². The van der Waals surface area contributed by atoms with E-state index >= 15 is 0 Å². The van der Waals surface area contributed by atoms with Crippen LogP contribution in [0.5, 0.6) is 0 Å². The lowest BCUT2D eigenvalue weighted by molar-refractivity contribution is -0.135. The summed E-state index contributed by atoms with van der Waals surface area (Å²) in [5.41, 5.74) is 0.924. The highest BCUT2D eigenvalue weighted by Crippen LogP contribution is 2.40. The lowest BCUT2D eigenvalue weighted by Gasteiger charge is -2.44. The van der Waals surface area contributed by atoms with Gasteiger partial charge in [-0.1, -0.05) is 30.3 Å². The molecule has 0 heterocycles. The third kappa shape index (κ3) is 3.92. The second-order valence-electron chi connectivity index (χ2n) is 6.85. The topological polar surface area (TPSA) is 56.1 Å². The van der Waals surface area contributed by atoms with Gasteiger partial charge in [0.05, 0.1) is 18.0 Å². The molecule has 0 bridgehead atoms. The Labute approximate surface area is 139 Å². The number of hydrogen-bond donors (Lipinski definition) is 1. The molecular weight excluding hydrogens is 286 g/mol. The molecule has 0 unspecified atom stereocenters. The van der Waals surface area contributed by atoms with Gasteiger partial charge in [-0.25, -0.2) is 0 Å². The van der Waals surface area contributed by atoms with Gasteiger partial charge in [-0.2, -0.15) is 5.26 Å². The maximum absolute atomic E-state index is 12.8. The van der Waals surface area contributed by atoms with Crippen molar-refractivity contribution in [1.82, 2.24) is 10.2 Å². The van der Waals surface area contributed by atoms with Crippen LogP contribution < -0.4 is 5.32 Å². The SMILES string of the molecule is C[C@H](CC#N)NC(=O)C1(N(C)C)CCC(c2ccccc2)CC1. The number of hydrogen-bond acceptors (Lipinski definition) is 3. The van der Waals surface area contributed by atoms with E-state index in [1.54, 1.807) is 0 Å². The molecule has 1 aromatic carbocycles. The van der Waals surface area contributed by atoms with Crippen LogP contribution in [-0.2, 0) is 4.79 Å². The van der Waals surface area contributed by atoms with Gasteiger partial charge in [0.15, 0.2) is 0 Å². The van der Waals surface area contributed by atoms with E-state index in [0.717, 1.165) is 25.7 Å². The molecular formula is C19H27N3O. The van der Waals surface area contributed by atoms with Crippen LogP contribution in [0.2, 0.25) is 0 Å². The van der Waals surface area contributed by atoms with Gasteiger partial charge in [0.25, 0.3) is 0 Å². The van der Waals surface area contributed by atoms with Crippen molar-refractivity contribution in [2.75, 3.05) is 14.1 Å². The molecule has 0 aliphatic heterocycles. The van der Waals surface area contributed by atoms with Gasteiger partial charge in [0.1, 0.15) is 0 Å². The molecule has 1 amide bonds. The fourth-order valence-corrected chi connectivity index (χ4v) is 3.58. The Morgan fingerprint density at radius 2 is 1.96 bits per heavy atom. The van der Waals surface area contributed by atoms with Crippen LogP contribution in [0.25, 0.3) is 0 Å². The number of nitriles is 1. The Morgan fingerprint density at radius 1 is 1.35 bits per heavy atom. The zero-order chi connectivity index (χ0) is 16.9. The van der Waals surface area contributed by atoms with Crippen LogP contribution in [-0.4, -0.2) is 36.5 Å². The molecule has 1 atom stereocenters. The van der Waals surface area contributed by atoms with Gasteiger partial charge in [0.2, 0.25) is 5.91 Å². The van der Waals surface area contributed by atoms with Crippen LogP contribution >= 0.6 is 0 Å². The Hall–Kier alpha value is -1.86. The van der Waals surface area contributed by atoms with Crippen LogP contribution in [0, 0.1) is 11.3 Å². The molecule has 1 aliphatic rings. The van der Waals surface area contributed by atoms with Gasteiger partial charge in [-0.15, -0.1) is 0 Å². The molecule has 4 heteroatoms. The van der Waals surface area contributed by atoms with Crippen LogP contribution in [0.4, 0.5) is 0 Å². The first-order chi connectivity index (χ1) is 11.0. The molecule has 0 radical (unpaired) electrons. The normalized spacial score (nSPS) is 25.6. The lowest BCUT2D eigenvalue weighted by Crippen LogP contribution is -2.59. The average molecular weight is 313 g/mol. The molecule has 1 fully saturated rings. The van der Waals surface area contributed by atoms with Gasteiger partial charge < -0.3 is 5.32 Å². The number of rotatable bonds is 5. The van der Waals surface area contributed by atoms with Gasteiger partial charge >= 0.3 is 0 Å². The summed E-state index contributed by atoms with van der Waals surface area (Å²) in [6, 6.07) is 12.6. The summed E-state index contributed by atoms with van der Waals surface area (Å²) >= 11 is 0. The second kappa shape index (κ2) is 7.61. The predicted molar refractivity (Wildman–Crippen MR) is 91.9 cm³/mol. The fourth-order valence-electron chi connectivity index (χ4n) is 3.58. The Bertz CT molecular complexity index is 554. The Kier molecular flexibility index (Phi) is 5.79. The second-order valence-corrected chi connectivity index (χ2v) is 6.85. The Balaban J connectivity index is 2.06. The van der Waals surface area contributed by atoms with E-state index in [1.807, 2.05) is 27.1 Å². The van der Waals surface area contributed by atoms with Crippen molar-refractivity contribution in [2.24, 2.45) is 0 Å². The van der Waals surface area contributed by atoms with Crippen molar-refractivity contribution in [3.05, 3.63) is 35.9 Å². The van der Waals surface area contributed by atoms with E-state index in [9.17, 15) is 4.79 Å². The van der Waals surface area contributed by atoms with Crippen molar-refractivity contribution in [2.45, 2.75) is 56.5 Å². The number of nitrogens with zero attached hydrogens (tertiary/aromatic N) is 2. The summed E-state index contributed by atoms with van der Waals surface area (Å²) in [5, 5.41) is 11.8. The minimum absolute atomic E-state index is 0.0664. The molecule has 0 saturated heterocycles. The van der Waals surface area contributed by atoms with Gasteiger partial charge in [-0.3, -0.25) is 9.69 Å². The molecule has 1 N–H and O–H groups in total. The summed E-state index contributed by atoms with van der Waals surface area (Å²) in [5.74, 6) is 0.602. The smallest absolute Gasteiger partial charge is 0.240 e. The number of carbonyl (C=O) groups excluding carboxylic acids is 1. The van der Waals surface area contributed by atoms with E-state index in [-0.39, 0.29) is 11.9 Å². The highest BCUT2D eigenvalue weighted by molar-refractivity contribution is 5.86. The number of carbonyl (C=O) groups is 1. The molecule has 0 spiro atoms. The van der Waals surface area contributed by atoms with E-state index in [4.69, 9.17) is 5.26 Å². The van der Waals surface area contributed by atoms with Crippen molar-refractivity contribution in [3.63, 3.8) is 0 Å². The molecule has 124 valence electrons. The average Bonchev–Trinajstić information content (AvgIpc) is 2.55.